The zero-order valence-electron chi connectivity index (χ0n) is 8.50. The summed E-state index contributed by atoms with van der Waals surface area (Å²) < 4.78 is 2.05. The summed E-state index contributed by atoms with van der Waals surface area (Å²) in [5, 5.41) is 4.54. The molecule has 68 valence electrons. The molecule has 0 aliphatic carbocycles. The standard InChI is InChI=1S/C8H17N3Si/c1-8(2,3)12(4,5)11-7-9-6-10-11/h6-7H,1-5H3. The van der Waals surface area contributed by atoms with Crippen LogP contribution in [0.5, 0.6) is 0 Å². The maximum Gasteiger partial charge on any atom is 0.186 e. The summed E-state index contributed by atoms with van der Waals surface area (Å²) in [4.78, 5) is 3.99. The summed E-state index contributed by atoms with van der Waals surface area (Å²) in [5.41, 5.74) is 0. The highest BCUT2D eigenvalue weighted by atomic mass is 28.3. The minimum atomic E-state index is -1.49. The van der Waals surface area contributed by atoms with E-state index in [2.05, 4.69) is 43.9 Å². The van der Waals surface area contributed by atoms with Crippen molar-refractivity contribution >= 4 is 8.24 Å². The summed E-state index contributed by atoms with van der Waals surface area (Å²) in [6.45, 7) is 11.4. The van der Waals surface area contributed by atoms with Crippen LogP contribution in [0.4, 0.5) is 0 Å². The Hall–Kier alpha value is -0.643. The summed E-state index contributed by atoms with van der Waals surface area (Å²) in [6.07, 6.45) is 3.44. The lowest BCUT2D eigenvalue weighted by Gasteiger charge is -2.35. The van der Waals surface area contributed by atoms with E-state index in [9.17, 15) is 0 Å². The smallest absolute Gasteiger partial charge is 0.186 e. The predicted octanol–water partition coefficient (Wildman–Crippen LogP) is 2.13. The van der Waals surface area contributed by atoms with Gasteiger partial charge in [-0.05, 0) is 18.1 Å². The van der Waals surface area contributed by atoms with E-state index in [0.717, 1.165) is 0 Å². The van der Waals surface area contributed by atoms with Gasteiger partial charge in [0.15, 0.2) is 8.24 Å². The monoisotopic (exact) mass is 183 g/mol. The third-order valence-electron chi connectivity index (χ3n) is 2.83. The second-order valence-electron chi connectivity index (χ2n) is 4.65. The molecule has 0 N–H and O–H groups in total. The van der Waals surface area contributed by atoms with Crippen LogP contribution in [0.2, 0.25) is 18.1 Å². The van der Waals surface area contributed by atoms with Crippen molar-refractivity contribution in [3.8, 4) is 0 Å². The first-order chi connectivity index (χ1) is 5.36. The van der Waals surface area contributed by atoms with Gasteiger partial charge in [-0.25, -0.2) is 4.98 Å². The molecule has 0 aromatic carbocycles. The van der Waals surface area contributed by atoms with E-state index in [1.54, 1.807) is 6.33 Å². The second kappa shape index (κ2) is 2.69. The van der Waals surface area contributed by atoms with Crippen molar-refractivity contribution in [1.29, 1.82) is 0 Å². The molecule has 12 heavy (non-hydrogen) atoms. The molecule has 0 radical (unpaired) electrons. The fraction of sp³-hybridized carbons (Fsp3) is 0.750. The van der Waals surface area contributed by atoms with Crippen LogP contribution in [-0.2, 0) is 0 Å². The molecule has 1 rings (SSSR count). The summed E-state index contributed by atoms with van der Waals surface area (Å²) >= 11 is 0. The van der Waals surface area contributed by atoms with Crippen LogP contribution >= 0.6 is 0 Å². The number of hydrogen-bond acceptors (Lipinski definition) is 2. The summed E-state index contributed by atoms with van der Waals surface area (Å²) in [6, 6.07) is 0. The predicted molar refractivity (Wildman–Crippen MR) is 52.6 cm³/mol. The average molecular weight is 183 g/mol. The van der Waals surface area contributed by atoms with Gasteiger partial charge in [-0.3, -0.25) is 4.35 Å². The van der Waals surface area contributed by atoms with E-state index in [0.29, 0.717) is 5.04 Å². The summed E-state index contributed by atoms with van der Waals surface area (Å²) in [7, 11) is -1.49. The lowest BCUT2D eigenvalue weighted by molar-refractivity contribution is 0.682. The molecule has 0 amide bonds. The fourth-order valence-corrected chi connectivity index (χ4v) is 2.22. The van der Waals surface area contributed by atoms with E-state index in [-0.39, 0.29) is 0 Å². The van der Waals surface area contributed by atoms with Crippen LogP contribution in [0.15, 0.2) is 12.7 Å². The van der Waals surface area contributed by atoms with E-state index in [1.165, 1.54) is 0 Å². The van der Waals surface area contributed by atoms with Gasteiger partial charge in [0.25, 0.3) is 0 Å². The Labute approximate surface area is 74.9 Å². The Bertz CT molecular complexity index is 246. The van der Waals surface area contributed by atoms with Gasteiger partial charge in [-0.1, -0.05) is 20.8 Å². The first-order valence-electron chi connectivity index (χ1n) is 4.21. The van der Waals surface area contributed by atoms with Crippen LogP contribution in [0, 0.1) is 0 Å². The van der Waals surface area contributed by atoms with Crippen molar-refractivity contribution in [2.75, 3.05) is 0 Å². The molecule has 0 saturated heterocycles. The number of nitrogens with zero attached hydrogens (tertiary/aromatic N) is 3. The van der Waals surface area contributed by atoms with Crippen molar-refractivity contribution in [3.05, 3.63) is 12.7 Å². The molecule has 0 aliphatic rings. The van der Waals surface area contributed by atoms with Crippen LogP contribution in [0.1, 0.15) is 20.8 Å². The molecule has 0 unspecified atom stereocenters. The van der Waals surface area contributed by atoms with E-state index in [1.807, 2.05) is 10.7 Å². The molecule has 0 atom stereocenters. The normalized spacial score (nSPS) is 13.4. The first-order valence-corrected chi connectivity index (χ1v) is 7.15. The average Bonchev–Trinajstić information content (AvgIpc) is 2.34. The topological polar surface area (TPSA) is 30.7 Å². The van der Waals surface area contributed by atoms with Crippen LogP contribution in [0.25, 0.3) is 0 Å². The summed E-state index contributed by atoms with van der Waals surface area (Å²) in [5.74, 6) is 0. The van der Waals surface area contributed by atoms with Gasteiger partial charge in [0.1, 0.15) is 12.7 Å². The van der Waals surface area contributed by atoms with Crippen LogP contribution in [0.3, 0.4) is 0 Å². The number of hydrogen-bond donors (Lipinski definition) is 0. The fourth-order valence-electron chi connectivity index (χ4n) is 0.841. The molecule has 0 bridgehead atoms. The molecule has 1 aromatic heterocycles. The van der Waals surface area contributed by atoms with Crippen LogP contribution in [-0.4, -0.2) is 22.7 Å². The molecule has 1 aromatic rings. The third kappa shape index (κ3) is 1.43. The third-order valence-corrected chi connectivity index (χ3v) is 7.87. The van der Waals surface area contributed by atoms with Gasteiger partial charge in [0, 0.05) is 0 Å². The quantitative estimate of drug-likeness (QED) is 0.624. The highest BCUT2D eigenvalue weighted by Crippen LogP contribution is 2.35. The zero-order valence-corrected chi connectivity index (χ0v) is 9.50. The highest BCUT2D eigenvalue weighted by Gasteiger charge is 2.38. The van der Waals surface area contributed by atoms with E-state index >= 15 is 0 Å². The van der Waals surface area contributed by atoms with Crippen LogP contribution < -0.4 is 0 Å². The molecule has 0 spiro atoms. The molecule has 3 nitrogen and oxygen atoms in total. The minimum absolute atomic E-state index is 0.320. The molecule has 0 saturated carbocycles. The maximum atomic E-state index is 4.22. The van der Waals surface area contributed by atoms with Gasteiger partial charge in [-0.15, -0.1) is 0 Å². The minimum Gasteiger partial charge on any atom is -0.283 e. The van der Waals surface area contributed by atoms with Crippen molar-refractivity contribution in [2.24, 2.45) is 0 Å². The Morgan fingerprint density at radius 2 is 1.83 bits per heavy atom. The lowest BCUT2D eigenvalue weighted by Crippen LogP contribution is -2.45. The number of rotatable bonds is 1. The van der Waals surface area contributed by atoms with Crippen molar-refractivity contribution in [3.63, 3.8) is 0 Å². The highest BCUT2D eigenvalue weighted by molar-refractivity contribution is 6.78. The Kier molecular flexibility index (Phi) is 2.12. The van der Waals surface area contributed by atoms with Gasteiger partial charge in [0.2, 0.25) is 0 Å². The van der Waals surface area contributed by atoms with Crippen molar-refractivity contribution < 1.29 is 0 Å². The van der Waals surface area contributed by atoms with Gasteiger partial charge in [-0.2, -0.15) is 5.10 Å². The molecular formula is C8H17N3Si. The van der Waals surface area contributed by atoms with Gasteiger partial charge >= 0.3 is 0 Å². The lowest BCUT2D eigenvalue weighted by atomic mass is 10.2. The zero-order chi connectivity index (χ0) is 9.41. The first kappa shape index (κ1) is 9.44. The molecule has 4 heteroatoms. The molecule has 0 fully saturated rings. The Morgan fingerprint density at radius 1 is 1.25 bits per heavy atom. The second-order valence-corrected chi connectivity index (χ2v) is 9.73. The molecule has 0 aliphatic heterocycles. The van der Waals surface area contributed by atoms with Gasteiger partial charge < -0.3 is 0 Å². The largest absolute Gasteiger partial charge is 0.283 e. The van der Waals surface area contributed by atoms with E-state index < -0.39 is 8.24 Å². The SMILES string of the molecule is CC(C)(C)[Si](C)(C)n1cncn1. The van der Waals surface area contributed by atoms with Crippen molar-refractivity contribution in [1.82, 2.24) is 14.4 Å². The molecule has 1 heterocycles. The van der Waals surface area contributed by atoms with Crippen molar-refractivity contribution in [2.45, 2.75) is 38.9 Å². The Balaban J connectivity index is 3.02. The Morgan fingerprint density at radius 3 is 2.17 bits per heavy atom. The van der Waals surface area contributed by atoms with Gasteiger partial charge in [0.05, 0.1) is 0 Å². The molecular weight excluding hydrogens is 166 g/mol. The number of aromatic nitrogens is 3. The van der Waals surface area contributed by atoms with E-state index in [4.69, 9.17) is 0 Å². The maximum absolute atomic E-state index is 4.22.